The molecule has 0 unspecified atom stereocenters. The second-order valence-corrected chi connectivity index (χ2v) is 8.73. The van der Waals surface area contributed by atoms with Gasteiger partial charge >= 0.3 is 0 Å². The summed E-state index contributed by atoms with van der Waals surface area (Å²) in [6.07, 6.45) is 0. The third kappa shape index (κ3) is 4.84. The molecule has 0 fully saturated rings. The largest absolute Gasteiger partial charge is 0.497 e. The number of nitrogens with zero attached hydrogens (tertiary/aromatic N) is 4. The lowest BCUT2D eigenvalue weighted by Gasteiger charge is -2.10. The van der Waals surface area contributed by atoms with Gasteiger partial charge in [-0.3, -0.25) is 14.2 Å². The van der Waals surface area contributed by atoms with E-state index in [1.165, 1.54) is 0 Å². The van der Waals surface area contributed by atoms with Crippen molar-refractivity contribution in [2.24, 2.45) is 0 Å². The number of carbonyl (C=O) groups is 1. The lowest BCUT2D eigenvalue weighted by molar-refractivity contribution is 0.102. The summed E-state index contributed by atoms with van der Waals surface area (Å²) in [4.78, 5) is 13.1. The molecule has 0 radical (unpaired) electrons. The van der Waals surface area contributed by atoms with E-state index < -0.39 is 0 Å². The minimum atomic E-state index is -0.180. The van der Waals surface area contributed by atoms with Crippen molar-refractivity contribution in [3.63, 3.8) is 0 Å². The topological polar surface area (TPSA) is 74.0 Å². The van der Waals surface area contributed by atoms with E-state index in [0.717, 1.165) is 45.3 Å². The number of hydrogen-bond donors (Lipinski definition) is 1. The van der Waals surface area contributed by atoms with Gasteiger partial charge in [0.25, 0.3) is 5.91 Å². The molecule has 34 heavy (non-hydrogen) atoms. The Morgan fingerprint density at radius 2 is 1.53 bits per heavy atom. The van der Waals surface area contributed by atoms with E-state index in [2.05, 4.69) is 15.5 Å². The summed E-state index contributed by atoms with van der Waals surface area (Å²) in [5.74, 6) is 0.621. The predicted molar refractivity (Wildman–Crippen MR) is 134 cm³/mol. The van der Waals surface area contributed by atoms with Gasteiger partial charge in [0.05, 0.1) is 53.7 Å². The number of amides is 1. The van der Waals surface area contributed by atoms with E-state index in [1.807, 2.05) is 79.5 Å². The molecule has 0 atom stereocenters. The number of ether oxygens (including phenoxy) is 1. The summed E-state index contributed by atoms with van der Waals surface area (Å²) in [6, 6.07) is 15.4. The number of methoxy groups -OCH3 is 1. The Hall–Kier alpha value is -3.58. The zero-order valence-corrected chi connectivity index (χ0v) is 20.8. The first-order chi connectivity index (χ1) is 16.3. The van der Waals surface area contributed by atoms with E-state index in [1.54, 1.807) is 13.2 Å². The highest BCUT2D eigenvalue weighted by molar-refractivity contribution is 6.31. The standard InChI is InChI=1S/C26H28ClN5O2/c1-16-24(27)18(3)31(29-16)14-20-8-6-10-22(12-20)26(33)28-25-17(2)30-32(19(25)4)15-21-9-7-11-23(13-21)34-5/h6-13H,14-15H2,1-5H3,(H,28,33). The molecule has 0 aliphatic carbocycles. The lowest BCUT2D eigenvalue weighted by Crippen LogP contribution is -2.14. The molecule has 4 rings (SSSR count). The van der Waals surface area contributed by atoms with Crippen LogP contribution in [0.5, 0.6) is 5.75 Å². The lowest BCUT2D eigenvalue weighted by atomic mass is 10.1. The molecule has 0 bridgehead atoms. The Labute approximate surface area is 204 Å². The third-order valence-electron chi connectivity index (χ3n) is 5.90. The van der Waals surface area contributed by atoms with Crippen LogP contribution in [0.2, 0.25) is 5.02 Å². The molecule has 0 spiro atoms. The number of aromatic nitrogens is 4. The molecule has 7 nitrogen and oxygen atoms in total. The molecule has 8 heteroatoms. The van der Waals surface area contributed by atoms with E-state index in [0.29, 0.717) is 23.7 Å². The summed E-state index contributed by atoms with van der Waals surface area (Å²) in [5.41, 5.74) is 6.70. The van der Waals surface area contributed by atoms with Gasteiger partial charge in [0.1, 0.15) is 5.75 Å². The molecular weight excluding hydrogens is 450 g/mol. The smallest absolute Gasteiger partial charge is 0.255 e. The van der Waals surface area contributed by atoms with Gasteiger partial charge in [0.2, 0.25) is 0 Å². The van der Waals surface area contributed by atoms with Crippen molar-refractivity contribution in [3.05, 3.63) is 93.0 Å². The van der Waals surface area contributed by atoms with Crippen LogP contribution in [0.1, 0.15) is 44.3 Å². The number of nitrogens with one attached hydrogen (secondary N) is 1. The third-order valence-corrected chi connectivity index (χ3v) is 6.45. The molecule has 176 valence electrons. The maximum Gasteiger partial charge on any atom is 0.255 e. The number of anilines is 1. The van der Waals surface area contributed by atoms with Gasteiger partial charge in [-0.05, 0) is 63.1 Å². The van der Waals surface area contributed by atoms with E-state index >= 15 is 0 Å². The SMILES string of the molecule is COc1cccc(Cn2nc(C)c(NC(=O)c3cccc(Cn4nc(C)c(Cl)c4C)c3)c2C)c1. The van der Waals surface area contributed by atoms with Crippen molar-refractivity contribution >= 4 is 23.2 Å². The molecule has 0 aliphatic rings. The van der Waals surface area contributed by atoms with Crippen LogP contribution >= 0.6 is 11.6 Å². The number of benzene rings is 2. The first kappa shape index (κ1) is 23.6. The zero-order chi connectivity index (χ0) is 24.4. The van der Waals surface area contributed by atoms with Crippen LogP contribution in [0.3, 0.4) is 0 Å². The predicted octanol–water partition coefficient (Wildman–Crippen LogP) is 5.32. The van der Waals surface area contributed by atoms with Gasteiger partial charge in [0, 0.05) is 5.56 Å². The van der Waals surface area contributed by atoms with Crippen molar-refractivity contribution in [3.8, 4) is 5.75 Å². The van der Waals surface area contributed by atoms with Crippen molar-refractivity contribution in [2.75, 3.05) is 12.4 Å². The molecule has 2 aromatic carbocycles. The van der Waals surface area contributed by atoms with Crippen LogP contribution < -0.4 is 10.1 Å². The van der Waals surface area contributed by atoms with E-state index in [-0.39, 0.29) is 5.91 Å². The molecule has 1 amide bonds. The molecule has 4 aromatic rings. The Balaban J connectivity index is 1.51. The Morgan fingerprint density at radius 1 is 0.912 bits per heavy atom. The number of halogens is 1. The van der Waals surface area contributed by atoms with Gasteiger partial charge in [-0.25, -0.2) is 0 Å². The minimum Gasteiger partial charge on any atom is -0.497 e. The summed E-state index contributed by atoms with van der Waals surface area (Å²) in [5, 5.41) is 12.8. The average Bonchev–Trinajstić information content (AvgIpc) is 3.23. The van der Waals surface area contributed by atoms with Crippen LogP contribution in [-0.4, -0.2) is 32.6 Å². The quantitative estimate of drug-likeness (QED) is 0.390. The summed E-state index contributed by atoms with van der Waals surface area (Å²) in [7, 11) is 1.65. The van der Waals surface area contributed by atoms with Crippen LogP contribution in [-0.2, 0) is 13.1 Å². The second kappa shape index (κ2) is 9.73. The molecule has 2 heterocycles. The van der Waals surface area contributed by atoms with Gasteiger partial charge in [-0.2, -0.15) is 10.2 Å². The van der Waals surface area contributed by atoms with Crippen molar-refractivity contribution in [1.82, 2.24) is 19.6 Å². The minimum absolute atomic E-state index is 0.180. The van der Waals surface area contributed by atoms with Crippen LogP contribution in [0.4, 0.5) is 5.69 Å². The molecule has 0 aliphatic heterocycles. The Kier molecular flexibility index (Phi) is 6.75. The molecular formula is C26H28ClN5O2. The highest BCUT2D eigenvalue weighted by Gasteiger charge is 2.16. The number of rotatable bonds is 7. The van der Waals surface area contributed by atoms with E-state index in [4.69, 9.17) is 16.3 Å². The van der Waals surface area contributed by atoms with Gasteiger partial charge in [-0.1, -0.05) is 35.9 Å². The molecule has 1 N–H and O–H groups in total. The molecule has 2 aromatic heterocycles. The molecule has 0 saturated carbocycles. The number of carbonyl (C=O) groups excluding carboxylic acids is 1. The molecule has 0 saturated heterocycles. The van der Waals surface area contributed by atoms with Crippen molar-refractivity contribution in [2.45, 2.75) is 40.8 Å². The second-order valence-electron chi connectivity index (χ2n) is 8.35. The van der Waals surface area contributed by atoms with Crippen LogP contribution in [0.15, 0.2) is 48.5 Å². The summed E-state index contributed by atoms with van der Waals surface area (Å²) in [6.45, 7) is 8.80. The fourth-order valence-electron chi connectivity index (χ4n) is 3.97. The highest BCUT2D eigenvalue weighted by Crippen LogP contribution is 2.23. The van der Waals surface area contributed by atoms with Crippen LogP contribution in [0.25, 0.3) is 0 Å². The first-order valence-corrected chi connectivity index (χ1v) is 11.4. The Morgan fingerprint density at radius 3 is 2.18 bits per heavy atom. The van der Waals surface area contributed by atoms with Crippen molar-refractivity contribution < 1.29 is 9.53 Å². The fraction of sp³-hybridized carbons (Fsp3) is 0.269. The fourth-order valence-corrected chi connectivity index (χ4v) is 4.11. The van der Waals surface area contributed by atoms with E-state index in [9.17, 15) is 4.79 Å². The van der Waals surface area contributed by atoms with Gasteiger partial charge in [-0.15, -0.1) is 0 Å². The monoisotopic (exact) mass is 477 g/mol. The maximum atomic E-state index is 13.1. The van der Waals surface area contributed by atoms with Gasteiger partial charge < -0.3 is 10.1 Å². The Bertz CT molecular complexity index is 1360. The highest BCUT2D eigenvalue weighted by atomic mass is 35.5. The average molecular weight is 478 g/mol. The van der Waals surface area contributed by atoms with Crippen LogP contribution in [0, 0.1) is 27.7 Å². The number of hydrogen-bond acceptors (Lipinski definition) is 4. The van der Waals surface area contributed by atoms with Crippen molar-refractivity contribution in [1.29, 1.82) is 0 Å². The zero-order valence-electron chi connectivity index (χ0n) is 20.0. The first-order valence-electron chi connectivity index (χ1n) is 11.0. The summed E-state index contributed by atoms with van der Waals surface area (Å²) < 4.78 is 9.06. The number of aryl methyl sites for hydroxylation is 2. The maximum absolute atomic E-state index is 13.1. The normalized spacial score (nSPS) is 11.0. The van der Waals surface area contributed by atoms with Gasteiger partial charge in [0.15, 0.2) is 0 Å². The summed E-state index contributed by atoms with van der Waals surface area (Å²) >= 11 is 6.27.